The van der Waals surface area contributed by atoms with E-state index in [0.29, 0.717) is 6.20 Å². The molecule has 33 heavy (non-hydrogen) atoms. The van der Waals surface area contributed by atoms with Gasteiger partial charge in [-0.25, -0.2) is 4.98 Å². The third-order valence-electron chi connectivity index (χ3n) is 5.21. The summed E-state index contributed by atoms with van der Waals surface area (Å²) in [7, 11) is 0. The molecule has 0 aliphatic carbocycles. The first-order valence-electron chi connectivity index (χ1n) is 10.5. The molecule has 1 saturated heterocycles. The third-order valence-corrected chi connectivity index (χ3v) is 5.52. The Kier molecular flexibility index (Phi) is 8.28. The second-order valence-electron chi connectivity index (χ2n) is 7.48. The van der Waals surface area contributed by atoms with Crippen molar-refractivity contribution in [1.29, 1.82) is 0 Å². The van der Waals surface area contributed by atoms with E-state index in [1.165, 1.54) is 5.39 Å². The van der Waals surface area contributed by atoms with Gasteiger partial charge < -0.3 is 16.2 Å². The van der Waals surface area contributed by atoms with Gasteiger partial charge in [0.25, 0.3) is 0 Å². The van der Waals surface area contributed by atoms with Crippen molar-refractivity contribution < 1.29 is 17.9 Å². The first kappa shape index (κ1) is 24.9. The van der Waals surface area contributed by atoms with Crippen molar-refractivity contribution >= 4 is 34.1 Å². The summed E-state index contributed by atoms with van der Waals surface area (Å²) in [6.07, 6.45) is -2.09. The highest BCUT2D eigenvalue weighted by Gasteiger charge is 2.34. The Labute approximate surface area is 194 Å². The van der Waals surface area contributed by atoms with Crippen LogP contribution in [0.4, 0.5) is 24.9 Å². The van der Waals surface area contributed by atoms with Crippen LogP contribution in [0.15, 0.2) is 30.5 Å². The van der Waals surface area contributed by atoms with Crippen LogP contribution in [0.5, 0.6) is 0 Å². The summed E-state index contributed by atoms with van der Waals surface area (Å²) in [5, 5.41) is 3.12. The van der Waals surface area contributed by atoms with Gasteiger partial charge in [-0.05, 0) is 23.9 Å². The minimum Gasteiger partial charge on any atom is -0.383 e. The molecule has 178 valence electrons. The third kappa shape index (κ3) is 6.66. The van der Waals surface area contributed by atoms with Crippen molar-refractivity contribution in [1.82, 2.24) is 19.9 Å². The average Bonchev–Trinajstić information content (AvgIpc) is 2.77. The number of rotatable bonds is 4. The van der Waals surface area contributed by atoms with Crippen molar-refractivity contribution in [2.24, 2.45) is 0 Å². The number of nitrogen functional groups attached to an aromatic ring is 2. The Morgan fingerprint density at radius 1 is 1.15 bits per heavy atom. The first-order valence-corrected chi connectivity index (χ1v) is 10.9. The fraction of sp³-hybridized carbons (Fsp3) is 0.409. The van der Waals surface area contributed by atoms with Crippen molar-refractivity contribution in [3.63, 3.8) is 0 Å². The number of aryl methyl sites for hydroxylation is 1. The number of pyridine rings is 1. The molecule has 0 atom stereocenters. The molecule has 0 bridgehead atoms. The van der Waals surface area contributed by atoms with Crippen LogP contribution in [-0.4, -0.2) is 52.7 Å². The molecule has 0 spiro atoms. The van der Waals surface area contributed by atoms with E-state index < -0.39 is 17.6 Å². The van der Waals surface area contributed by atoms with Gasteiger partial charge in [0.2, 0.25) is 5.95 Å². The Hall–Kier alpha value is -2.69. The van der Waals surface area contributed by atoms with E-state index in [1.54, 1.807) is 0 Å². The van der Waals surface area contributed by atoms with Crippen LogP contribution in [0.1, 0.15) is 23.9 Å². The van der Waals surface area contributed by atoms with Crippen molar-refractivity contribution in [3.8, 4) is 0 Å². The van der Waals surface area contributed by atoms with Crippen LogP contribution in [0.2, 0.25) is 5.02 Å². The first-order chi connectivity index (χ1) is 15.7. The lowest BCUT2D eigenvalue weighted by Crippen LogP contribution is -2.37. The average molecular weight is 483 g/mol. The number of fused-ring (bicyclic) bond motifs is 1. The van der Waals surface area contributed by atoms with Crippen molar-refractivity contribution in [2.45, 2.75) is 25.9 Å². The van der Waals surface area contributed by atoms with Crippen molar-refractivity contribution in [2.75, 3.05) is 44.3 Å². The number of alkyl halides is 3. The number of benzene rings is 1. The maximum atomic E-state index is 12.0. The summed E-state index contributed by atoms with van der Waals surface area (Å²) < 4.78 is 41.3. The smallest absolute Gasteiger partial charge is 0.383 e. The second kappa shape index (κ2) is 11.0. The number of ether oxygens (including phenoxy) is 1. The predicted molar refractivity (Wildman–Crippen MR) is 123 cm³/mol. The SMILES string of the molecule is CCc1cc2cccc(Cl)c2c(CCN2CCOCC2)n1.Nc1ncc(C(F)(F)F)c(N)n1. The molecule has 0 amide bonds. The lowest BCUT2D eigenvalue weighted by atomic mass is 10.1. The molecule has 4 N–H and O–H groups in total. The molecule has 11 heteroatoms. The number of aromatic nitrogens is 3. The zero-order valence-electron chi connectivity index (χ0n) is 18.2. The summed E-state index contributed by atoms with van der Waals surface area (Å²) in [4.78, 5) is 13.6. The molecule has 4 rings (SSSR count). The number of anilines is 2. The maximum Gasteiger partial charge on any atom is 0.421 e. The van der Waals surface area contributed by atoms with Crippen LogP contribution in [0.25, 0.3) is 10.8 Å². The van der Waals surface area contributed by atoms with Gasteiger partial charge in [0.15, 0.2) is 0 Å². The molecule has 3 heterocycles. The zero-order valence-corrected chi connectivity index (χ0v) is 19.0. The Morgan fingerprint density at radius 2 is 1.88 bits per heavy atom. The van der Waals surface area contributed by atoms with E-state index in [-0.39, 0.29) is 5.95 Å². The minimum absolute atomic E-state index is 0.277. The Morgan fingerprint density at radius 3 is 2.52 bits per heavy atom. The molecule has 0 radical (unpaired) electrons. The highest BCUT2D eigenvalue weighted by Crippen LogP contribution is 2.32. The summed E-state index contributed by atoms with van der Waals surface area (Å²) in [6.45, 7) is 6.86. The van der Waals surface area contributed by atoms with Crippen LogP contribution >= 0.6 is 11.6 Å². The highest BCUT2D eigenvalue weighted by atomic mass is 35.5. The number of nitrogens with zero attached hydrogens (tertiary/aromatic N) is 4. The molecule has 1 aromatic carbocycles. The summed E-state index contributed by atoms with van der Waals surface area (Å²) in [5.74, 6) is -0.935. The molecule has 1 fully saturated rings. The Bertz CT molecular complexity index is 1090. The van der Waals surface area contributed by atoms with Crippen LogP contribution < -0.4 is 11.5 Å². The number of halogens is 4. The number of hydrogen-bond donors (Lipinski definition) is 2. The summed E-state index contributed by atoms with van der Waals surface area (Å²) >= 11 is 6.41. The van der Waals surface area contributed by atoms with Crippen LogP contribution in [0, 0.1) is 0 Å². The monoisotopic (exact) mass is 482 g/mol. The topological polar surface area (TPSA) is 103 Å². The zero-order chi connectivity index (χ0) is 24.0. The van der Waals surface area contributed by atoms with E-state index in [4.69, 9.17) is 32.8 Å². The minimum atomic E-state index is -4.53. The van der Waals surface area contributed by atoms with Gasteiger partial charge in [-0.2, -0.15) is 18.2 Å². The standard InChI is InChI=1S/C17H21ClN2O.C5H5F3N4/c1-2-14-12-13-4-3-5-15(18)17(13)16(19-14)6-7-20-8-10-21-11-9-20;6-5(7,8)2-1-11-4(10)12-3(2)9/h3-5,12H,2,6-11H2,1H3;1H,(H4,9,10,11,12). The molecule has 0 unspecified atom stereocenters. The summed E-state index contributed by atoms with van der Waals surface area (Å²) in [5.41, 5.74) is 11.2. The molecular weight excluding hydrogens is 457 g/mol. The van der Waals surface area contributed by atoms with Gasteiger partial charge in [-0.15, -0.1) is 0 Å². The van der Waals surface area contributed by atoms with Gasteiger partial charge in [0.05, 0.1) is 23.9 Å². The molecule has 7 nitrogen and oxygen atoms in total. The molecule has 0 saturated carbocycles. The van der Waals surface area contributed by atoms with E-state index >= 15 is 0 Å². The van der Waals surface area contributed by atoms with E-state index in [2.05, 4.69) is 33.9 Å². The highest BCUT2D eigenvalue weighted by molar-refractivity contribution is 6.35. The van der Waals surface area contributed by atoms with E-state index in [0.717, 1.165) is 67.5 Å². The molecular formula is C22H26ClF3N6O. The maximum absolute atomic E-state index is 12.0. The molecule has 3 aromatic rings. The van der Waals surface area contributed by atoms with Crippen molar-refractivity contribution in [3.05, 3.63) is 52.4 Å². The largest absolute Gasteiger partial charge is 0.421 e. The molecule has 1 aliphatic rings. The van der Waals surface area contributed by atoms with Gasteiger partial charge in [-0.3, -0.25) is 9.88 Å². The molecule has 1 aliphatic heterocycles. The van der Waals surface area contributed by atoms with Gasteiger partial charge in [0, 0.05) is 43.3 Å². The molecule has 2 aromatic heterocycles. The quantitative estimate of drug-likeness (QED) is 0.579. The Balaban J connectivity index is 0.000000218. The van der Waals surface area contributed by atoms with E-state index in [9.17, 15) is 13.2 Å². The van der Waals surface area contributed by atoms with Gasteiger partial charge in [0.1, 0.15) is 11.4 Å². The normalized spacial score (nSPS) is 14.7. The lowest BCUT2D eigenvalue weighted by molar-refractivity contribution is -0.137. The second-order valence-corrected chi connectivity index (χ2v) is 7.89. The predicted octanol–water partition coefficient (Wildman–Crippen LogP) is 3.99. The fourth-order valence-corrected chi connectivity index (χ4v) is 3.78. The summed E-state index contributed by atoms with van der Waals surface area (Å²) in [6, 6.07) is 8.24. The number of hydrogen-bond acceptors (Lipinski definition) is 7. The van der Waals surface area contributed by atoms with Crippen LogP contribution in [-0.2, 0) is 23.8 Å². The van der Waals surface area contributed by atoms with Gasteiger partial charge >= 0.3 is 6.18 Å². The fourth-order valence-electron chi connectivity index (χ4n) is 3.49. The lowest BCUT2D eigenvalue weighted by Gasteiger charge is -2.26. The van der Waals surface area contributed by atoms with Gasteiger partial charge in [-0.1, -0.05) is 30.7 Å². The number of morpholine rings is 1. The van der Waals surface area contributed by atoms with Crippen LogP contribution in [0.3, 0.4) is 0 Å². The number of nitrogens with two attached hydrogens (primary N) is 2. The van der Waals surface area contributed by atoms with E-state index in [1.807, 2.05) is 12.1 Å².